The molecule has 0 fully saturated rings. The fraction of sp³-hybridized carbons (Fsp3) is 0.182. The average molecular weight is 350 g/mol. The van der Waals surface area contributed by atoms with E-state index in [4.69, 9.17) is 0 Å². The highest BCUT2D eigenvalue weighted by molar-refractivity contribution is 7.74. The number of benzene rings is 3. The van der Waals surface area contributed by atoms with E-state index in [1.165, 1.54) is 28.5 Å². The summed E-state index contributed by atoms with van der Waals surface area (Å²) in [4.78, 5) is 0. The van der Waals surface area contributed by atoms with Gasteiger partial charge in [-0.25, -0.2) is 0 Å². The van der Waals surface area contributed by atoms with Crippen LogP contribution < -0.4 is 15.9 Å². The zero-order valence-electron chi connectivity index (χ0n) is 14.1. The summed E-state index contributed by atoms with van der Waals surface area (Å²) in [6.07, 6.45) is 2.51. The first-order valence-corrected chi connectivity index (χ1v) is 11.2. The second-order valence-electron chi connectivity index (χ2n) is 5.85. The van der Waals surface area contributed by atoms with Gasteiger partial charge in [0.05, 0.1) is 0 Å². The summed E-state index contributed by atoms with van der Waals surface area (Å²) < 4.78 is 0. The molecule has 3 aromatic carbocycles. The maximum Gasteiger partial charge on any atom is -0.00915 e. The predicted octanol–water partition coefficient (Wildman–Crippen LogP) is 4.90. The summed E-state index contributed by atoms with van der Waals surface area (Å²) >= 11 is 0. The molecule has 3 aromatic rings. The van der Waals surface area contributed by atoms with Crippen molar-refractivity contribution in [2.24, 2.45) is 0 Å². The van der Waals surface area contributed by atoms with E-state index in [1.54, 1.807) is 0 Å². The molecule has 24 heavy (non-hydrogen) atoms. The standard InChI is InChI=1S/C22H24P2/c1-2-20(18-23-19-12-6-3-7-13-19)24(21-14-8-4-9-15-21)22-16-10-5-11-17-22/h3-17,20,23H,2,18H2,1H3. The molecule has 0 N–H and O–H groups in total. The van der Waals surface area contributed by atoms with Crippen LogP contribution >= 0.6 is 16.5 Å². The lowest BCUT2D eigenvalue weighted by Gasteiger charge is -2.28. The van der Waals surface area contributed by atoms with Crippen molar-refractivity contribution < 1.29 is 0 Å². The maximum absolute atomic E-state index is 2.35. The highest BCUT2D eigenvalue weighted by Crippen LogP contribution is 2.43. The summed E-state index contributed by atoms with van der Waals surface area (Å²) in [5.74, 6) is 0. The molecule has 122 valence electrons. The van der Waals surface area contributed by atoms with E-state index in [9.17, 15) is 0 Å². The van der Waals surface area contributed by atoms with Gasteiger partial charge in [0.2, 0.25) is 0 Å². The smallest absolute Gasteiger partial charge is 0.00915 e. The van der Waals surface area contributed by atoms with Crippen molar-refractivity contribution in [2.45, 2.75) is 19.0 Å². The minimum atomic E-state index is -0.304. The predicted molar refractivity (Wildman–Crippen MR) is 112 cm³/mol. The number of rotatable bonds is 7. The second-order valence-corrected chi connectivity index (χ2v) is 9.69. The van der Waals surface area contributed by atoms with Crippen molar-refractivity contribution in [1.29, 1.82) is 0 Å². The van der Waals surface area contributed by atoms with E-state index in [0.29, 0.717) is 0 Å². The first kappa shape index (κ1) is 17.3. The number of hydrogen-bond donors (Lipinski definition) is 0. The summed E-state index contributed by atoms with van der Waals surface area (Å²) in [7, 11) is 0.587. The summed E-state index contributed by atoms with van der Waals surface area (Å²) in [5.41, 5.74) is 0.725. The van der Waals surface area contributed by atoms with Gasteiger partial charge in [-0.2, -0.15) is 0 Å². The van der Waals surface area contributed by atoms with Crippen LogP contribution in [0.15, 0.2) is 91.0 Å². The Labute approximate surface area is 148 Å². The van der Waals surface area contributed by atoms with Crippen molar-refractivity contribution in [3.8, 4) is 0 Å². The Kier molecular flexibility index (Phi) is 6.59. The van der Waals surface area contributed by atoms with Crippen LogP contribution in [-0.2, 0) is 0 Å². The van der Waals surface area contributed by atoms with Crippen molar-refractivity contribution in [1.82, 2.24) is 0 Å². The van der Waals surface area contributed by atoms with Gasteiger partial charge < -0.3 is 0 Å². The molecule has 3 rings (SSSR count). The molecule has 0 aliphatic carbocycles. The van der Waals surface area contributed by atoms with Crippen LogP contribution in [0.5, 0.6) is 0 Å². The molecule has 2 unspecified atom stereocenters. The molecule has 0 heterocycles. The van der Waals surface area contributed by atoms with Crippen molar-refractivity contribution in [3.63, 3.8) is 0 Å². The van der Waals surface area contributed by atoms with E-state index in [2.05, 4.69) is 97.9 Å². The molecule has 0 aliphatic rings. The Bertz CT molecular complexity index is 671. The monoisotopic (exact) mass is 350 g/mol. The Balaban J connectivity index is 1.85. The molecule has 0 saturated heterocycles. The Morgan fingerprint density at radius 2 is 1.17 bits per heavy atom. The second kappa shape index (κ2) is 9.12. The fourth-order valence-corrected chi connectivity index (χ4v) is 7.64. The van der Waals surface area contributed by atoms with Gasteiger partial charge in [0.1, 0.15) is 0 Å². The highest BCUT2D eigenvalue weighted by atomic mass is 31.1. The minimum Gasteiger partial charge on any atom is -0.0897 e. The third-order valence-corrected chi connectivity index (χ3v) is 8.99. The van der Waals surface area contributed by atoms with Crippen LogP contribution in [0.1, 0.15) is 13.3 Å². The van der Waals surface area contributed by atoms with E-state index < -0.39 is 0 Å². The molecule has 0 aliphatic heterocycles. The summed E-state index contributed by atoms with van der Waals surface area (Å²) in [6.45, 7) is 2.35. The largest absolute Gasteiger partial charge is 0.0897 e. The van der Waals surface area contributed by atoms with Crippen LogP contribution in [0.25, 0.3) is 0 Å². The molecule has 0 nitrogen and oxygen atoms in total. The minimum absolute atomic E-state index is 0.304. The van der Waals surface area contributed by atoms with Crippen LogP contribution in [-0.4, -0.2) is 11.8 Å². The van der Waals surface area contributed by atoms with Gasteiger partial charge in [-0.1, -0.05) is 106 Å². The zero-order valence-corrected chi connectivity index (χ0v) is 16.0. The lowest BCUT2D eigenvalue weighted by atomic mass is 10.3. The Morgan fingerprint density at radius 3 is 1.62 bits per heavy atom. The van der Waals surface area contributed by atoms with Crippen molar-refractivity contribution in [3.05, 3.63) is 91.0 Å². The van der Waals surface area contributed by atoms with Gasteiger partial charge in [-0.3, -0.25) is 0 Å². The first-order valence-electron chi connectivity index (χ1n) is 8.56. The summed E-state index contributed by atoms with van der Waals surface area (Å²) in [6, 6.07) is 33.1. The lowest BCUT2D eigenvalue weighted by molar-refractivity contribution is 0.908. The van der Waals surface area contributed by atoms with Crippen molar-refractivity contribution in [2.75, 3.05) is 6.16 Å². The molecule has 0 spiro atoms. The van der Waals surface area contributed by atoms with E-state index in [1.807, 2.05) is 0 Å². The van der Waals surface area contributed by atoms with Crippen LogP contribution in [0.4, 0.5) is 0 Å². The fourth-order valence-electron chi connectivity index (χ4n) is 2.96. The first-order chi connectivity index (χ1) is 11.9. The molecule has 0 radical (unpaired) electrons. The van der Waals surface area contributed by atoms with E-state index >= 15 is 0 Å². The Hall–Kier alpha value is -1.48. The Morgan fingerprint density at radius 1 is 0.708 bits per heavy atom. The zero-order chi connectivity index (χ0) is 16.6. The van der Waals surface area contributed by atoms with Gasteiger partial charge in [0, 0.05) is 0 Å². The van der Waals surface area contributed by atoms with Gasteiger partial charge in [-0.15, -0.1) is 0 Å². The average Bonchev–Trinajstić information content (AvgIpc) is 2.67. The molecular weight excluding hydrogens is 326 g/mol. The molecule has 2 heteroatoms. The molecule has 0 amide bonds. The normalized spacial score (nSPS) is 12.8. The van der Waals surface area contributed by atoms with E-state index in [0.717, 1.165) is 14.2 Å². The summed E-state index contributed by atoms with van der Waals surface area (Å²) in [5, 5.41) is 4.49. The van der Waals surface area contributed by atoms with Crippen LogP contribution in [0.2, 0.25) is 0 Å². The van der Waals surface area contributed by atoms with Gasteiger partial charge in [0.15, 0.2) is 0 Å². The third-order valence-electron chi connectivity index (χ3n) is 4.22. The van der Waals surface area contributed by atoms with Crippen LogP contribution in [0.3, 0.4) is 0 Å². The molecule has 0 bridgehead atoms. The van der Waals surface area contributed by atoms with E-state index in [-0.39, 0.29) is 7.92 Å². The van der Waals surface area contributed by atoms with Gasteiger partial charge in [-0.05, 0) is 42.1 Å². The lowest BCUT2D eigenvalue weighted by Crippen LogP contribution is -2.23. The van der Waals surface area contributed by atoms with Crippen LogP contribution in [0, 0.1) is 0 Å². The maximum atomic E-state index is 2.35. The van der Waals surface area contributed by atoms with Crippen molar-refractivity contribution >= 4 is 32.4 Å². The molecule has 2 atom stereocenters. The van der Waals surface area contributed by atoms with Gasteiger partial charge >= 0.3 is 0 Å². The topological polar surface area (TPSA) is 0 Å². The highest BCUT2D eigenvalue weighted by Gasteiger charge is 2.22. The third kappa shape index (κ3) is 4.54. The number of hydrogen-bond acceptors (Lipinski definition) is 0. The molecular formula is C22H24P2. The SMILES string of the molecule is CCC(CPc1ccccc1)P(c1ccccc1)c1ccccc1. The quantitative estimate of drug-likeness (QED) is 0.532. The molecule has 0 aromatic heterocycles. The molecule has 0 saturated carbocycles. The van der Waals surface area contributed by atoms with Gasteiger partial charge in [0.25, 0.3) is 0 Å².